The maximum absolute atomic E-state index is 3.70. The molecule has 2 heteroatoms. The van der Waals surface area contributed by atoms with Gasteiger partial charge in [0.1, 0.15) is 0 Å². The second-order valence-electron chi connectivity index (χ2n) is 0.884. The van der Waals surface area contributed by atoms with Gasteiger partial charge in [0, 0.05) is 5.75 Å². The lowest BCUT2D eigenvalue weighted by Gasteiger charge is -2.09. The average molecular weight is 104 g/mol. The molecule has 0 saturated carbocycles. The van der Waals surface area contributed by atoms with Gasteiger partial charge in [-0.05, 0) is 4.91 Å². The van der Waals surface area contributed by atoms with Crippen LogP contribution in [0.15, 0.2) is 11.5 Å². The number of hydrogen-bond donors (Lipinski definition) is 0. The summed E-state index contributed by atoms with van der Waals surface area (Å²) in [6.45, 7) is 3.70. The molecule has 1 aliphatic heterocycles. The summed E-state index contributed by atoms with van der Waals surface area (Å²) in [5.74, 6) is 1.17. The van der Waals surface area contributed by atoms with Crippen molar-refractivity contribution in [3.63, 3.8) is 0 Å². The van der Waals surface area contributed by atoms with Crippen LogP contribution in [0.1, 0.15) is 0 Å². The quantitative estimate of drug-likeness (QED) is 0.430. The Labute approximate surface area is 39.4 Å². The zero-order chi connectivity index (χ0) is 3.70. The van der Waals surface area contributed by atoms with E-state index in [4.69, 9.17) is 0 Å². The average Bonchev–Trinajstić information content (AvgIpc) is 1.30. The lowest BCUT2D eigenvalue weighted by Crippen LogP contribution is -1.83. The molecular formula is C3H4S2. The summed E-state index contributed by atoms with van der Waals surface area (Å²) in [7, 11) is 3.64. The van der Waals surface area contributed by atoms with Crippen molar-refractivity contribution in [3.8, 4) is 0 Å². The van der Waals surface area contributed by atoms with Crippen LogP contribution in [-0.2, 0) is 0 Å². The highest BCUT2D eigenvalue weighted by Gasteiger charge is 2.04. The van der Waals surface area contributed by atoms with Gasteiger partial charge in [0.2, 0.25) is 0 Å². The predicted molar refractivity (Wildman–Crippen MR) is 29.2 cm³/mol. The van der Waals surface area contributed by atoms with Gasteiger partial charge in [0.25, 0.3) is 0 Å². The summed E-state index contributed by atoms with van der Waals surface area (Å²) >= 11 is 0. The Hall–Kier alpha value is 0.440. The molecule has 0 spiro atoms. The Morgan fingerprint density at radius 3 is 2.20 bits per heavy atom. The van der Waals surface area contributed by atoms with E-state index in [-0.39, 0.29) is 0 Å². The molecule has 0 amide bonds. The fourth-order valence-electron chi connectivity index (χ4n) is 0.142. The van der Waals surface area contributed by atoms with E-state index < -0.39 is 0 Å². The molecule has 1 aliphatic rings. The summed E-state index contributed by atoms with van der Waals surface area (Å²) in [5, 5.41) is 0. The Balaban J connectivity index is 2.32. The highest BCUT2D eigenvalue weighted by atomic mass is 33.1. The normalized spacial score (nSPS) is 22.0. The zero-order valence-electron chi connectivity index (χ0n) is 2.73. The number of hydrogen-bond acceptors (Lipinski definition) is 2. The maximum atomic E-state index is 3.70. The summed E-state index contributed by atoms with van der Waals surface area (Å²) in [5.41, 5.74) is 0. The highest BCUT2D eigenvalue weighted by molar-refractivity contribution is 8.81. The van der Waals surface area contributed by atoms with E-state index in [9.17, 15) is 0 Å². The molecule has 0 aromatic carbocycles. The molecule has 1 rings (SSSR count). The minimum atomic E-state index is 1.17. The second-order valence-corrected chi connectivity index (χ2v) is 3.36. The molecule has 0 N–H and O–H groups in total. The van der Waals surface area contributed by atoms with Crippen LogP contribution in [0.3, 0.4) is 0 Å². The van der Waals surface area contributed by atoms with Gasteiger partial charge in [-0.25, -0.2) is 0 Å². The third-order valence-corrected chi connectivity index (χ3v) is 2.96. The van der Waals surface area contributed by atoms with Gasteiger partial charge in [0.05, 0.1) is 0 Å². The molecule has 28 valence electrons. The fourth-order valence-corrected chi connectivity index (χ4v) is 1.28. The van der Waals surface area contributed by atoms with Crippen LogP contribution in [0.2, 0.25) is 0 Å². The number of rotatable bonds is 0. The monoisotopic (exact) mass is 104 g/mol. The molecule has 1 fully saturated rings. The molecule has 0 nitrogen and oxygen atoms in total. The lowest BCUT2D eigenvalue weighted by molar-refractivity contribution is 1.76. The second kappa shape index (κ2) is 1.27. The molecule has 0 aromatic heterocycles. The van der Waals surface area contributed by atoms with Crippen LogP contribution < -0.4 is 0 Å². The molecule has 1 saturated heterocycles. The first-order valence-corrected chi connectivity index (χ1v) is 3.69. The van der Waals surface area contributed by atoms with Crippen molar-refractivity contribution in [2.75, 3.05) is 5.75 Å². The van der Waals surface area contributed by atoms with Crippen molar-refractivity contribution in [3.05, 3.63) is 11.5 Å². The summed E-state index contributed by atoms with van der Waals surface area (Å²) in [4.78, 5) is 1.31. The maximum Gasteiger partial charge on any atom is 0.0354 e. The Morgan fingerprint density at radius 2 is 2.20 bits per heavy atom. The molecule has 0 aliphatic carbocycles. The van der Waals surface area contributed by atoms with Gasteiger partial charge in [-0.3, -0.25) is 0 Å². The van der Waals surface area contributed by atoms with E-state index in [0.29, 0.717) is 0 Å². The van der Waals surface area contributed by atoms with Crippen molar-refractivity contribution in [1.82, 2.24) is 0 Å². The first-order chi connectivity index (χ1) is 2.39. The first-order valence-electron chi connectivity index (χ1n) is 1.37. The van der Waals surface area contributed by atoms with Crippen LogP contribution in [0.4, 0.5) is 0 Å². The highest BCUT2D eigenvalue weighted by Crippen LogP contribution is 2.42. The van der Waals surface area contributed by atoms with Gasteiger partial charge in [-0.1, -0.05) is 28.2 Å². The van der Waals surface area contributed by atoms with E-state index in [0.717, 1.165) is 0 Å². The Kier molecular flexibility index (Phi) is 0.918. The fraction of sp³-hybridized carbons (Fsp3) is 0.333. The van der Waals surface area contributed by atoms with Crippen molar-refractivity contribution in [2.45, 2.75) is 0 Å². The summed E-state index contributed by atoms with van der Waals surface area (Å²) in [6.07, 6.45) is 0. The molecule has 0 unspecified atom stereocenters. The van der Waals surface area contributed by atoms with Crippen molar-refractivity contribution >= 4 is 21.6 Å². The van der Waals surface area contributed by atoms with Crippen LogP contribution in [0.5, 0.6) is 0 Å². The summed E-state index contributed by atoms with van der Waals surface area (Å²) in [6, 6.07) is 0. The van der Waals surface area contributed by atoms with E-state index >= 15 is 0 Å². The standard InChI is InChI=1S/C3H4S2/c1-3-2-4-5-3/h1-2H2. The van der Waals surface area contributed by atoms with Crippen LogP contribution in [0, 0.1) is 0 Å². The Bertz CT molecular complexity index is 51.9. The molecular weight excluding hydrogens is 100 g/mol. The van der Waals surface area contributed by atoms with Crippen LogP contribution in [0.25, 0.3) is 0 Å². The van der Waals surface area contributed by atoms with Gasteiger partial charge < -0.3 is 0 Å². The zero-order valence-corrected chi connectivity index (χ0v) is 4.36. The van der Waals surface area contributed by atoms with E-state index in [2.05, 4.69) is 6.58 Å². The topological polar surface area (TPSA) is 0 Å². The van der Waals surface area contributed by atoms with Gasteiger partial charge in [-0.15, -0.1) is 0 Å². The minimum absolute atomic E-state index is 1.17. The lowest BCUT2D eigenvalue weighted by atomic mass is 10.7. The smallest absolute Gasteiger partial charge is 0.0354 e. The van der Waals surface area contributed by atoms with Gasteiger partial charge in [0.15, 0.2) is 0 Å². The predicted octanol–water partition coefficient (Wildman–Crippen LogP) is 1.90. The van der Waals surface area contributed by atoms with Crippen LogP contribution in [-0.4, -0.2) is 5.75 Å². The van der Waals surface area contributed by atoms with E-state index in [1.54, 1.807) is 10.8 Å². The third kappa shape index (κ3) is 0.637. The van der Waals surface area contributed by atoms with Crippen molar-refractivity contribution < 1.29 is 0 Å². The molecule has 0 atom stereocenters. The minimum Gasteiger partial charge on any atom is -0.0877 e. The molecule has 0 radical (unpaired) electrons. The molecule has 1 heterocycles. The Morgan fingerprint density at radius 1 is 1.80 bits per heavy atom. The van der Waals surface area contributed by atoms with Gasteiger partial charge in [-0.2, -0.15) is 0 Å². The SMILES string of the molecule is C=C1CSS1. The molecule has 0 aromatic rings. The molecule has 5 heavy (non-hydrogen) atoms. The van der Waals surface area contributed by atoms with E-state index in [1.807, 2.05) is 10.8 Å². The van der Waals surface area contributed by atoms with E-state index in [1.165, 1.54) is 10.7 Å². The first kappa shape index (κ1) is 3.62. The van der Waals surface area contributed by atoms with Gasteiger partial charge >= 0.3 is 0 Å². The van der Waals surface area contributed by atoms with Crippen molar-refractivity contribution in [2.24, 2.45) is 0 Å². The van der Waals surface area contributed by atoms with Crippen LogP contribution >= 0.6 is 21.6 Å². The molecule has 0 bridgehead atoms. The summed E-state index contributed by atoms with van der Waals surface area (Å²) < 4.78 is 0. The third-order valence-electron chi connectivity index (χ3n) is 0.397. The van der Waals surface area contributed by atoms with Crippen molar-refractivity contribution in [1.29, 1.82) is 0 Å². The largest absolute Gasteiger partial charge is 0.0877 e.